The monoisotopic (exact) mass is 394 g/mol. The molecule has 2 rings (SSSR count). The summed E-state index contributed by atoms with van der Waals surface area (Å²) in [5.74, 6) is 0.686. The number of hydrogen-bond donors (Lipinski definition) is 2. The third-order valence-electron chi connectivity index (χ3n) is 5.28. The first kappa shape index (κ1) is 21.9. The minimum atomic E-state index is -3.48. The molecule has 152 valence electrons. The lowest BCUT2D eigenvalue weighted by molar-refractivity contribution is -0.116. The number of hydrogen-bond acceptors (Lipinski definition) is 3. The zero-order chi connectivity index (χ0) is 19.5. The summed E-state index contributed by atoms with van der Waals surface area (Å²) in [6, 6.07) is 6.41. The summed E-state index contributed by atoms with van der Waals surface area (Å²) < 4.78 is 27.2. The van der Waals surface area contributed by atoms with E-state index in [4.69, 9.17) is 0 Å². The van der Waals surface area contributed by atoms with Crippen molar-refractivity contribution in [3.05, 3.63) is 24.3 Å². The third-order valence-corrected chi connectivity index (χ3v) is 6.75. The molecule has 0 bridgehead atoms. The predicted molar refractivity (Wildman–Crippen MR) is 110 cm³/mol. The van der Waals surface area contributed by atoms with Crippen LogP contribution in [0.2, 0.25) is 0 Å². The van der Waals surface area contributed by atoms with Gasteiger partial charge in [0, 0.05) is 18.7 Å². The Morgan fingerprint density at radius 2 is 1.74 bits per heavy atom. The molecule has 1 aromatic carbocycles. The summed E-state index contributed by atoms with van der Waals surface area (Å²) >= 11 is 0. The van der Waals surface area contributed by atoms with Crippen molar-refractivity contribution in [3.8, 4) is 0 Å². The van der Waals surface area contributed by atoms with Crippen LogP contribution in [0.25, 0.3) is 0 Å². The first-order valence-electron chi connectivity index (χ1n) is 10.4. The molecule has 0 heterocycles. The molecular formula is C21H34N2O3S. The van der Waals surface area contributed by atoms with E-state index >= 15 is 0 Å². The maximum atomic E-state index is 12.3. The van der Waals surface area contributed by atoms with Crippen molar-refractivity contribution in [3.63, 3.8) is 0 Å². The minimum Gasteiger partial charge on any atom is -0.326 e. The fraction of sp³-hybridized carbons (Fsp3) is 0.667. The Hall–Kier alpha value is -1.40. The smallest absolute Gasteiger partial charge is 0.240 e. The number of anilines is 1. The van der Waals surface area contributed by atoms with Gasteiger partial charge in [0.2, 0.25) is 15.9 Å². The Morgan fingerprint density at radius 1 is 1.04 bits per heavy atom. The predicted octanol–water partition coefficient (Wildman–Crippen LogP) is 4.84. The molecule has 2 N–H and O–H groups in total. The summed E-state index contributed by atoms with van der Waals surface area (Å²) in [6.45, 7) is 2.59. The van der Waals surface area contributed by atoms with Gasteiger partial charge in [-0.2, -0.15) is 0 Å². The van der Waals surface area contributed by atoms with Crippen LogP contribution < -0.4 is 10.0 Å². The standard InChI is InChI=1S/C21H34N2O3S/c1-2-3-4-8-17-22-27(25,26)20-14-12-19(13-15-20)23-21(24)16-11-18-9-6-5-7-10-18/h12-15,18,22H,2-11,16-17H2,1H3,(H,23,24). The van der Waals surface area contributed by atoms with Crippen LogP contribution in [-0.2, 0) is 14.8 Å². The maximum absolute atomic E-state index is 12.3. The van der Waals surface area contributed by atoms with Crippen molar-refractivity contribution < 1.29 is 13.2 Å². The minimum absolute atomic E-state index is 0.00484. The van der Waals surface area contributed by atoms with Crippen LogP contribution in [0.1, 0.15) is 77.6 Å². The van der Waals surface area contributed by atoms with Gasteiger partial charge in [0.25, 0.3) is 0 Å². The first-order chi connectivity index (χ1) is 13.0. The third kappa shape index (κ3) is 8.01. The molecule has 0 radical (unpaired) electrons. The second-order valence-electron chi connectivity index (χ2n) is 7.57. The van der Waals surface area contributed by atoms with Crippen LogP contribution in [0, 0.1) is 5.92 Å². The Balaban J connectivity index is 1.76. The van der Waals surface area contributed by atoms with Crippen molar-refractivity contribution >= 4 is 21.6 Å². The van der Waals surface area contributed by atoms with Crippen LogP contribution in [0.5, 0.6) is 0 Å². The molecule has 0 unspecified atom stereocenters. The second-order valence-corrected chi connectivity index (χ2v) is 9.34. The van der Waals surface area contributed by atoms with E-state index in [1.165, 1.54) is 32.1 Å². The normalized spacial score (nSPS) is 15.6. The highest BCUT2D eigenvalue weighted by atomic mass is 32.2. The van der Waals surface area contributed by atoms with Gasteiger partial charge < -0.3 is 5.32 Å². The van der Waals surface area contributed by atoms with Gasteiger partial charge in [-0.15, -0.1) is 0 Å². The number of amides is 1. The van der Waals surface area contributed by atoms with E-state index in [1.807, 2.05) is 0 Å². The first-order valence-corrected chi connectivity index (χ1v) is 11.9. The summed E-state index contributed by atoms with van der Waals surface area (Å²) in [6.07, 6.45) is 12.0. The van der Waals surface area contributed by atoms with Crippen LogP contribution in [-0.4, -0.2) is 20.9 Å². The molecule has 0 aromatic heterocycles. The van der Waals surface area contributed by atoms with Gasteiger partial charge in [0.05, 0.1) is 4.90 Å². The number of unbranched alkanes of at least 4 members (excludes halogenated alkanes) is 3. The number of benzene rings is 1. The summed E-state index contributed by atoms with van der Waals surface area (Å²) in [5.41, 5.74) is 0.644. The molecule has 0 spiro atoms. The lowest BCUT2D eigenvalue weighted by Crippen LogP contribution is -2.24. The fourth-order valence-corrected chi connectivity index (χ4v) is 4.67. The average molecular weight is 395 g/mol. The molecule has 1 aliphatic carbocycles. The second kappa shape index (κ2) is 11.4. The van der Waals surface area contributed by atoms with E-state index in [0.717, 1.165) is 32.1 Å². The molecule has 0 atom stereocenters. The topological polar surface area (TPSA) is 75.3 Å². The van der Waals surface area contributed by atoms with Crippen molar-refractivity contribution in [2.75, 3.05) is 11.9 Å². The SMILES string of the molecule is CCCCCCNS(=O)(=O)c1ccc(NC(=O)CCC2CCCCC2)cc1. The number of nitrogens with one attached hydrogen (secondary N) is 2. The van der Waals surface area contributed by atoms with Crippen LogP contribution in [0.15, 0.2) is 29.2 Å². The van der Waals surface area contributed by atoms with Gasteiger partial charge >= 0.3 is 0 Å². The van der Waals surface area contributed by atoms with Crippen molar-refractivity contribution in [2.45, 2.75) is 82.4 Å². The number of rotatable bonds is 11. The van der Waals surface area contributed by atoms with Crippen molar-refractivity contribution in [1.82, 2.24) is 4.72 Å². The quantitative estimate of drug-likeness (QED) is 0.527. The van der Waals surface area contributed by atoms with E-state index < -0.39 is 10.0 Å². The summed E-state index contributed by atoms with van der Waals surface area (Å²) in [7, 11) is -3.48. The molecule has 5 nitrogen and oxygen atoms in total. The Bertz CT molecular complexity index is 665. The molecule has 0 saturated heterocycles. The molecule has 6 heteroatoms. The number of carbonyl (C=O) groups excluding carboxylic acids is 1. The molecular weight excluding hydrogens is 360 g/mol. The van der Waals surface area contributed by atoms with Gasteiger partial charge in [0.1, 0.15) is 0 Å². The van der Waals surface area contributed by atoms with Crippen LogP contribution in [0.3, 0.4) is 0 Å². The van der Waals surface area contributed by atoms with Crippen molar-refractivity contribution in [1.29, 1.82) is 0 Å². The van der Waals surface area contributed by atoms with Gasteiger partial charge in [0.15, 0.2) is 0 Å². The average Bonchev–Trinajstić information content (AvgIpc) is 2.67. The molecule has 1 saturated carbocycles. The summed E-state index contributed by atoms with van der Waals surface area (Å²) in [5, 5.41) is 2.87. The molecule has 0 aliphatic heterocycles. The van der Waals surface area contributed by atoms with Crippen LogP contribution in [0.4, 0.5) is 5.69 Å². The summed E-state index contributed by atoms with van der Waals surface area (Å²) in [4.78, 5) is 12.4. The molecule has 1 amide bonds. The van der Waals surface area contributed by atoms with E-state index in [0.29, 0.717) is 24.6 Å². The highest BCUT2D eigenvalue weighted by molar-refractivity contribution is 7.89. The van der Waals surface area contributed by atoms with E-state index in [2.05, 4.69) is 17.0 Å². The van der Waals surface area contributed by atoms with Gasteiger partial charge in [-0.1, -0.05) is 58.3 Å². The molecule has 1 aromatic rings. The molecule has 27 heavy (non-hydrogen) atoms. The highest BCUT2D eigenvalue weighted by Crippen LogP contribution is 2.27. The lowest BCUT2D eigenvalue weighted by atomic mass is 9.86. The zero-order valence-corrected chi connectivity index (χ0v) is 17.3. The van der Waals surface area contributed by atoms with E-state index in [-0.39, 0.29) is 10.8 Å². The van der Waals surface area contributed by atoms with Gasteiger partial charge in [-0.25, -0.2) is 13.1 Å². The molecule has 1 fully saturated rings. The van der Waals surface area contributed by atoms with Gasteiger partial charge in [-0.05, 0) is 43.0 Å². The maximum Gasteiger partial charge on any atom is 0.240 e. The zero-order valence-electron chi connectivity index (χ0n) is 16.5. The van der Waals surface area contributed by atoms with E-state index in [9.17, 15) is 13.2 Å². The van der Waals surface area contributed by atoms with Gasteiger partial charge in [-0.3, -0.25) is 4.79 Å². The highest BCUT2D eigenvalue weighted by Gasteiger charge is 2.16. The van der Waals surface area contributed by atoms with Crippen molar-refractivity contribution in [2.24, 2.45) is 5.92 Å². The molecule has 1 aliphatic rings. The number of sulfonamides is 1. The number of carbonyl (C=O) groups is 1. The Morgan fingerprint density at radius 3 is 2.41 bits per heavy atom. The van der Waals surface area contributed by atoms with Crippen LogP contribution >= 0.6 is 0 Å². The Kier molecular flexibility index (Phi) is 9.28. The fourth-order valence-electron chi connectivity index (χ4n) is 3.59. The van der Waals surface area contributed by atoms with E-state index in [1.54, 1.807) is 24.3 Å². The Labute approximate surface area is 164 Å². The largest absolute Gasteiger partial charge is 0.326 e. The lowest BCUT2D eigenvalue weighted by Gasteiger charge is -2.21.